The summed E-state index contributed by atoms with van der Waals surface area (Å²) in [7, 11) is 1.80. The third-order valence-corrected chi connectivity index (χ3v) is 5.80. The van der Waals surface area contributed by atoms with E-state index in [0.29, 0.717) is 48.9 Å². The second-order valence-electron chi connectivity index (χ2n) is 7.54. The largest absolute Gasteiger partial charge is 0.456 e. The number of nitrogens with zero attached hydrogens (tertiary/aromatic N) is 2. The summed E-state index contributed by atoms with van der Waals surface area (Å²) < 4.78 is 37.4. The van der Waals surface area contributed by atoms with Crippen molar-refractivity contribution in [3.05, 3.63) is 88.1 Å². The second kappa shape index (κ2) is 6.22. The topological polar surface area (TPSA) is 47.5 Å². The Hall–Kier alpha value is -4.06. The van der Waals surface area contributed by atoms with Gasteiger partial charge in [0.2, 0.25) is 0 Å². The molecule has 1 amide bonds. The Morgan fingerprint density at radius 1 is 1.00 bits per heavy atom. The summed E-state index contributed by atoms with van der Waals surface area (Å²) in [5.74, 6) is -1.27. The van der Waals surface area contributed by atoms with E-state index in [4.69, 9.17) is 4.42 Å². The highest BCUT2D eigenvalue weighted by atomic mass is 19.1. The number of hydrogen-bond acceptors (Lipinski definition) is 2. The van der Waals surface area contributed by atoms with E-state index in [-0.39, 0.29) is 5.82 Å². The van der Waals surface area contributed by atoms with Gasteiger partial charge in [0.05, 0.1) is 10.9 Å². The first-order valence-electron chi connectivity index (χ1n) is 9.71. The summed E-state index contributed by atoms with van der Waals surface area (Å²) in [6, 6.07) is 12.9. The number of hydrogen-bond donors (Lipinski definition) is 0. The van der Waals surface area contributed by atoms with Gasteiger partial charge in [0.1, 0.15) is 22.8 Å². The van der Waals surface area contributed by atoms with Crippen molar-refractivity contribution in [2.75, 3.05) is 0 Å². The van der Waals surface area contributed by atoms with Crippen LogP contribution in [0.5, 0.6) is 0 Å². The number of allylic oxidation sites excluding steroid dienone is 1. The Bertz CT molecular complexity index is 1790. The lowest BCUT2D eigenvalue weighted by molar-refractivity contribution is -0.112. The molecule has 0 aromatic heterocycles. The van der Waals surface area contributed by atoms with Gasteiger partial charge in [-0.15, -0.1) is 0 Å². The van der Waals surface area contributed by atoms with Crippen LogP contribution in [0.2, 0.25) is 0 Å². The minimum atomic E-state index is -0.458. The van der Waals surface area contributed by atoms with Gasteiger partial charge in [-0.1, -0.05) is 12.1 Å². The van der Waals surface area contributed by atoms with Crippen molar-refractivity contribution in [2.24, 2.45) is 12.0 Å². The van der Waals surface area contributed by atoms with Crippen molar-refractivity contribution < 1.29 is 18.0 Å². The summed E-state index contributed by atoms with van der Waals surface area (Å²) in [4.78, 5) is 16.0. The molecule has 6 heteroatoms. The monoisotopic (exact) mass is 412 g/mol. The maximum Gasteiger partial charge on any atom is 0.277 e. The number of amides is 1. The lowest BCUT2D eigenvalue weighted by atomic mass is 10.0. The molecular formula is C25H14F2N2O2. The van der Waals surface area contributed by atoms with E-state index in [0.717, 1.165) is 5.35 Å². The summed E-state index contributed by atoms with van der Waals surface area (Å²) in [6.45, 7) is 0. The smallest absolute Gasteiger partial charge is 0.277 e. The Labute approximate surface area is 173 Å². The highest BCUT2D eigenvalue weighted by molar-refractivity contribution is 6.22. The van der Waals surface area contributed by atoms with Crippen molar-refractivity contribution in [1.82, 2.24) is 4.57 Å². The number of carbonyl (C=O) groups excluding carboxylic acids is 1. The molecule has 0 saturated carbocycles. The molecule has 3 aromatic rings. The first kappa shape index (κ1) is 17.8. The quantitative estimate of drug-likeness (QED) is 0.371. The van der Waals surface area contributed by atoms with Crippen LogP contribution in [0.3, 0.4) is 0 Å². The van der Waals surface area contributed by atoms with Crippen LogP contribution in [0, 0.1) is 22.2 Å². The van der Waals surface area contributed by atoms with Gasteiger partial charge < -0.3 is 8.98 Å². The molecule has 4 nitrogen and oxygen atoms in total. The first-order chi connectivity index (χ1) is 15.0. The molecule has 0 radical (unpaired) electrons. The lowest BCUT2D eigenvalue weighted by Gasteiger charge is -2.15. The summed E-state index contributed by atoms with van der Waals surface area (Å²) in [6.07, 6.45) is 4.68. The van der Waals surface area contributed by atoms with E-state index in [1.807, 2.05) is 16.7 Å². The van der Waals surface area contributed by atoms with Crippen LogP contribution >= 0.6 is 0 Å². The van der Waals surface area contributed by atoms with Crippen LogP contribution in [0.4, 0.5) is 8.78 Å². The molecule has 31 heavy (non-hydrogen) atoms. The zero-order valence-corrected chi connectivity index (χ0v) is 16.3. The van der Waals surface area contributed by atoms with Crippen molar-refractivity contribution in [1.29, 1.82) is 0 Å². The van der Waals surface area contributed by atoms with E-state index in [2.05, 4.69) is 4.99 Å². The fourth-order valence-electron chi connectivity index (χ4n) is 4.46. The van der Waals surface area contributed by atoms with Crippen molar-refractivity contribution in [3.63, 3.8) is 0 Å². The van der Waals surface area contributed by atoms with Gasteiger partial charge in [-0.2, -0.15) is 0 Å². The van der Waals surface area contributed by atoms with Gasteiger partial charge in [0, 0.05) is 34.8 Å². The third kappa shape index (κ3) is 2.45. The summed E-state index contributed by atoms with van der Waals surface area (Å²) in [5.41, 5.74) is 2.01. The maximum atomic E-state index is 15.5. The van der Waals surface area contributed by atoms with Crippen molar-refractivity contribution in [2.45, 2.75) is 0 Å². The van der Waals surface area contributed by atoms with E-state index in [1.165, 1.54) is 24.4 Å². The highest BCUT2D eigenvalue weighted by Crippen LogP contribution is 2.31. The Balaban J connectivity index is 1.94. The fourth-order valence-corrected chi connectivity index (χ4v) is 4.46. The Kier molecular flexibility index (Phi) is 3.56. The molecule has 0 unspecified atom stereocenters. The maximum absolute atomic E-state index is 15.5. The van der Waals surface area contributed by atoms with E-state index in [9.17, 15) is 9.18 Å². The third-order valence-electron chi connectivity index (χ3n) is 5.80. The van der Waals surface area contributed by atoms with Gasteiger partial charge in [-0.05, 0) is 59.2 Å². The summed E-state index contributed by atoms with van der Waals surface area (Å²) in [5, 5.41) is 3.54. The molecule has 0 spiro atoms. The number of dihydropyridines is 1. The first-order valence-corrected chi connectivity index (χ1v) is 9.71. The van der Waals surface area contributed by atoms with Gasteiger partial charge in [-0.3, -0.25) is 4.79 Å². The van der Waals surface area contributed by atoms with E-state index in [1.54, 1.807) is 37.4 Å². The predicted molar refractivity (Wildman–Crippen MR) is 115 cm³/mol. The van der Waals surface area contributed by atoms with Crippen LogP contribution in [-0.4, -0.2) is 16.7 Å². The van der Waals surface area contributed by atoms with Crippen LogP contribution in [0.1, 0.15) is 0 Å². The van der Waals surface area contributed by atoms with E-state index >= 15 is 4.39 Å². The molecule has 0 fully saturated rings. The van der Waals surface area contributed by atoms with Crippen molar-refractivity contribution >= 4 is 50.5 Å². The number of aliphatic imine (C=N–C) groups is 1. The van der Waals surface area contributed by atoms with Crippen LogP contribution in [0.15, 0.2) is 70.1 Å². The molecule has 3 aliphatic heterocycles. The molecule has 0 bridgehead atoms. The van der Waals surface area contributed by atoms with Crippen LogP contribution in [-0.2, 0) is 11.8 Å². The van der Waals surface area contributed by atoms with Crippen molar-refractivity contribution in [3.8, 4) is 0 Å². The predicted octanol–water partition coefficient (Wildman–Crippen LogP) is 4.68. The number of carbonyl (C=O) groups is 1. The summed E-state index contributed by atoms with van der Waals surface area (Å²) >= 11 is 0. The number of fused-ring (bicyclic) bond motifs is 4. The number of halogens is 2. The highest BCUT2D eigenvalue weighted by Gasteiger charge is 2.17. The minimum Gasteiger partial charge on any atom is -0.456 e. The molecule has 0 saturated heterocycles. The van der Waals surface area contributed by atoms with Crippen LogP contribution in [0.25, 0.3) is 38.4 Å². The van der Waals surface area contributed by atoms with Gasteiger partial charge in [0.25, 0.3) is 5.91 Å². The lowest BCUT2D eigenvalue weighted by Crippen LogP contribution is -2.15. The zero-order chi connectivity index (χ0) is 21.3. The molecule has 150 valence electrons. The minimum absolute atomic E-state index is 0.320. The Morgan fingerprint density at radius 3 is 2.71 bits per heavy atom. The molecular weight excluding hydrogens is 398 g/mol. The molecule has 3 heterocycles. The average Bonchev–Trinajstić information content (AvgIpc) is 2.76. The van der Waals surface area contributed by atoms with Gasteiger partial charge in [0.15, 0.2) is 0 Å². The number of aromatic nitrogens is 1. The Morgan fingerprint density at radius 2 is 1.87 bits per heavy atom. The molecule has 0 atom stereocenters. The van der Waals surface area contributed by atoms with E-state index < -0.39 is 11.7 Å². The normalized spacial score (nSPS) is 15.8. The van der Waals surface area contributed by atoms with Gasteiger partial charge >= 0.3 is 0 Å². The number of rotatable bonds is 0. The van der Waals surface area contributed by atoms with Gasteiger partial charge in [-0.25, -0.2) is 13.8 Å². The molecule has 3 aromatic carbocycles. The van der Waals surface area contributed by atoms with Crippen LogP contribution < -0.4 is 5.22 Å². The number of benzene rings is 3. The second-order valence-corrected chi connectivity index (χ2v) is 7.54. The molecule has 6 rings (SSSR count). The number of aryl methyl sites for hydroxylation is 1. The SMILES string of the molecule is Cn1c2c3cc(F)ccc3oc3cccc(c3=2)c2c(F)c/c(=C3\C=CC=NC3=O)cc21. The fraction of sp³-hybridized carbons (Fsp3) is 0.0400. The average molecular weight is 412 g/mol. The molecule has 3 aliphatic rings. The molecule has 0 aliphatic carbocycles. The molecule has 0 N–H and O–H groups in total. The standard InChI is InChI=1S/C25H14F2N2O2/c1-29-19-11-13(15-5-3-9-28-25(15)30)10-18(27)22(19)16-4-2-6-21-23(16)24(29)17-12-14(26)7-8-20(17)31-21/h2-12H,1H3/b15-13-. The zero-order valence-electron chi connectivity index (χ0n) is 16.3.